The molecule has 1 N–H and O–H groups in total. The fourth-order valence-electron chi connectivity index (χ4n) is 5.12. The molecule has 2 aromatic heterocycles. The van der Waals surface area contributed by atoms with Crippen LogP contribution in [-0.2, 0) is 4.79 Å². The average Bonchev–Trinajstić information content (AvgIpc) is 3.53. The second-order valence-corrected chi connectivity index (χ2v) is 9.97. The molecule has 0 saturated heterocycles. The van der Waals surface area contributed by atoms with Crippen molar-refractivity contribution in [1.82, 2.24) is 19.2 Å². The SMILES string of the molecule is CCN(CC)CCN1C(=O)C(O)=C(C(=O)c2sc3nc4ccccc4n3c2C)C1c1ccccc1OC. The highest BCUT2D eigenvalue weighted by Gasteiger charge is 2.45. The van der Waals surface area contributed by atoms with Crippen LogP contribution in [0.2, 0.25) is 0 Å². The maximum Gasteiger partial charge on any atom is 0.290 e. The summed E-state index contributed by atoms with van der Waals surface area (Å²) in [5, 5.41) is 11.1. The first-order valence-corrected chi connectivity index (χ1v) is 13.2. The number of nitrogens with zero attached hydrogens (tertiary/aromatic N) is 4. The van der Waals surface area contributed by atoms with Gasteiger partial charge in [0.2, 0.25) is 5.78 Å². The number of benzene rings is 2. The molecule has 0 radical (unpaired) electrons. The smallest absolute Gasteiger partial charge is 0.290 e. The van der Waals surface area contributed by atoms with Gasteiger partial charge in [-0.25, -0.2) is 4.98 Å². The number of ether oxygens (including phenoxy) is 1. The van der Waals surface area contributed by atoms with E-state index >= 15 is 0 Å². The van der Waals surface area contributed by atoms with Crippen molar-refractivity contribution < 1.29 is 19.4 Å². The Bertz CT molecular complexity index is 1530. The number of methoxy groups -OCH3 is 1. The first-order valence-electron chi connectivity index (χ1n) is 12.4. The number of carbonyl (C=O) groups excluding carboxylic acids is 2. The summed E-state index contributed by atoms with van der Waals surface area (Å²) in [5.74, 6) is -0.868. The zero-order valence-electron chi connectivity index (χ0n) is 21.4. The van der Waals surface area contributed by atoms with Crippen molar-refractivity contribution in [2.24, 2.45) is 0 Å². The monoisotopic (exact) mass is 518 g/mol. The molecule has 0 spiro atoms. The van der Waals surface area contributed by atoms with E-state index < -0.39 is 17.7 Å². The van der Waals surface area contributed by atoms with Gasteiger partial charge in [0, 0.05) is 24.3 Å². The molecule has 192 valence electrons. The molecule has 3 heterocycles. The number of thiazole rings is 1. The van der Waals surface area contributed by atoms with Crippen molar-refractivity contribution in [3.8, 4) is 5.75 Å². The van der Waals surface area contributed by atoms with Gasteiger partial charge < -0.3 is 19.6 Å². The number of fused-ring (bicyclic) bond motifs is 3. The van der Waals surface area contributed by atoms with Crippen molar-refractivity contribution in [3.63, 3.8) is 0 Å². The number of hydrogen-bond donors (Lipinski definition) is 1. The Kier molecular flexibility index (Phi) is 6.74. The van der Waals surface area contributed by atoms with Crippen LogP contribution in [0.3, 0.4) is 0 Å². The Balaban J connectivity index is 1.62. The lowest BCUT2D eigenvalue weighted by Gasteiger charge is -2.30. The van der Waals surface area contributed by atoms with Gasteiger partial charge in [0.05, 0.1) is 34.6 Å². The van der Waals surface area contributed by atoms with Gasteiger partial charge in [0.1, 0.15) is 5.75 Å². The van der Waals surface area contributed by atoms with Crippen LogP contribution in [0.4, 0.5) is 0 Å². The van der Waals surface area contributed by atoms with Gasteiger partial charge in [0.15, 0.2) is 10.7 Å². The molecule has 4 aromatic rings. The number of carbonyl (C=O) groups is 2. The van der Waals surface area contributed by atoms with E-state index in [1.807, 2.05) is 53.8 Å². The highest BCUT2D eigenvalue weighted by molar-refractivity contribution is 7.19. The summed E-state index contributed by atoms with van der Waals surface area (Å²) in [6, 6.07) is 14.3. The molecule has 8 nitrogen and oxygen atoms in total. The fraction of sp³-hybridized carbons (Fsp3) is 0.321. The number of imidazole rings is 1. The van der Waals surface area contributed by atoms with Crippen LogP contribution in [0, 0.1) is 6.92 Å². The number of amides is 1. The maximum absolute atomic E-state index is 14.1. The zero-order valence-corrected chi connectivity index (χ0v) is 22.2. The molecular formula is C28H30N4O4S. The van der Waals surface area contributed by atoms with E-state index in [4.69, 9.17) is 4.74 Å². The Morgan fingerprint density at radius 3 is 2.57 bits per heavy atom. The van der Waals surface area contributed by atoms with Gasteiger partial charge in [-0.3, -0.25) is 14.0 Å². The summed E-state index contributed by atoms with van der Waals surface area (Å²) in [7, 11) is 1.56. The highest BCUT2D eigenvalue weighted by Crippen LogP contribution is 2.43. The van der Waals surface area contributed by atoms with E-state index in [1.54, 1.807) is 18.1 Å². The molecule has 1 aliphatic heterocycles. The standard InChI is InChI=1S/C28H30N4O4S/c1-5-30(6-2)15-16-31-23(18-11-7-10-14-21(18)36-4)22(25(34)27(31)35)24(33)26-17(3)32-20-13-9-8-12-19(20)29-28(32)37-26/h7-14,23,34H,5-6,15-16H2,1-4H3. The number of aliphatic hydroxyl groups excluding tert-OH is 1. The largest absolute Gasteiger partial charge is 0.503 e. The van der Waals surface area contributed by atoms with Gasteiger partial charge in [-0.2, -0.15) is 0 Å². The molecule has 1 unspecified atom stereocenters. The molecule has 37 heavy (non-hydrogen) atoms. The zero-order chi connectivity index (χ0) is 26.3. The number of aromatic nitrogens is 2. The summed E-state index contributed by atoms with van der Waals surface area (Å²) < 4.78 is 7.57. The lowest BCUT2D eigenvalue weighted by Crippen LogP contribution is -2.38. The number of Topliss-reactive ketones (excluding diaryl/α,β-unsaturated/α-hetero) is 1. The van der Waals surface area contributed by atoms with E-state index in [0.717, 1.165) is 29.8 Å². The number of likely N-dealkylation sites (N-methyl/N-ethyl adjacent to an activating group) is 1. The fourth-order valence-corrected chi connectivity index (χ4v) is 6.21. The molecular weight excluding hydrogens is 488 g/mol. The number of para-hydroxylation sites is 3. The lowest BCUT2D eigenvalue weighted by molar-refractivity contribution is -0.129. The van der Waals surface area contributed by atoms with Crippen molar-refractivity contribution in [2.45, 2.75) is 26.8 Å². The number of rotatable bonds is 9. The number of aliphatic hydroxyl groups is 1. The molecule has 0 bridgehead atoms. The van der Waals surface area contributed by atoms with Crippen LogP contribution >= 0.6 is 11.3 Å². The third kappa shape index (κ3) is 4.08. The molecule has 1 amide bonds. The predicted molar refractivity (Wildman–Crippen MR) is 145 cm³/mol. The van der Waals surface area contributed by atoms with Gasteiger partial charge in [0.25, 0.3) is 5.91 Å². The van der Waals surface area contributed by atoms with Crippen LogP contribution < -0.4 is 4.74 Å². The molecule has 0 saturated carbocycles. The summed E-state index contributed by atoms with van der Waals surface area (Å²) in [6.07, 6.45) is 0. The third-order valence-electron chi connectivity index (χ3n) is 7.13. The van der Waals surface area contributed by atoms with Crippen molar-refractivity contribution in [3.05, 3.63) is 76.0 Å². The predicted octanol–water partition coefficient (Wildman–Crippen LogP) is 4.79. The normalized spacial score (nSPS) is 16.1. The van der Waals surface area contributed by atoms with E-state index in [0.29, 0.717) is 34.2 Å². The summed E-state index contributed by atoms with van der Waals surface area (Å²) in [4.78, 5) is 37.1. The van der Waals surface area contributed by atoms with E-state index in [9.17, 15) is 14.7 Å². The molecule has 9 heteroatoms. The molecule has 1 atom stereocenters. The van der Waals surface area contributed by atoms with Gasteiger partial charge in [-0.05, 0) is 38.2 Å². The minimum absolute atomic E-state index is 0.0750. The summed E-state index contributed by atoms with van der Waals surface area (Å²) in [5.41, 5.74) is 3.23. The van der Waals surface area contributed by atoms with Gasteiger partial charge in [-0.15, -0.1) is 0 Å². The van der Waals surface area contributed by atoms with Crippen molar-refractivity contribution in [1.29, 1.82) is 0 Å². The second-order valence-electron chi connectivity index (χ2n) is 9.00. The van der Waals surface area contributed by atoms with Crippen LogP contribution in [-0.4, -0.2) is 69.3 Å². The topological polar surface area (TPSA) is 87.4 Å². The van der Waals surface area contributed by atoms with Gasteiger partial charge >= 0.3 is 0 Å². The third-order valence-corrected chi connectivity index (χ3v) is 8.27. The molecule has 0 aliphatic carbocycles. The van der Waals surface area contributed by atoms with Crippen LogP contribution in [0.15, 0.2) is 59.9 Å². The van der Waals surface area contributed by atoms with Crippen molar-refractivity contribution >= 4 is 39.0 Å². The highest BCUT2D eigenvalue weighted by atomic mass is 32.1. The Morgan fingerprint density at radius 1 is 1.14 bits per heavy atom. The van der Waals surface area contributed by atoms with Crippen LogP contribution in [0.5, 0.6) is 5.75 Å². The summed E-state index contributed by atoms with van der Waals surface area (Å²) in [6.45, 7) is 8.67. The van der Waals surface area contributed by atoms with E-state index in [2.05, 4.69) is 23.7 Å². The van der Waals surface area contributed by atoms with Gasteiger partial charge in [-0.1, -0.05) is 55.5 Å². The number of hydrogen-bond acceptors (Lipinski definition) is 7. The Hall–Kier alpha value is -3.69. The first kappa shape index (κ1) is 25.0. The number of ketones is 1. The minimum Gasteiger partial charge on any atom is -0.503 e. The van der Waals surface area contributed by atoms with Crippen molar-refractivity contribution in [2.75, 3.05) is 33.3 Å². The van der Waals surface area contributed by atoms with Crippen LogP contribution in [0.1, 0.15) is 40.8 Å². The van der Waals surface area contributed by atoms with E-state index in [-0.39, 0.29) is 11.4 Å². The molecule has 2 aromatic carbocycles. The summed E-state index contributed by atoms with van der Waals surface area (Å²) >= 11 is 1.27. The Labute approximate surface area is 219 Å². The van der Waals surface area contributed by atoms with E-state index in [1.165, 1.54) is 11.3 Å². The molecule has 0 fully saturated rings. The average molecular weight is 519 g/mol. The van der Waals surface area contributed by atoms with Crippen LogP contribution in [0.25, 0.3) is 16.0 Å². The second kappa shape index (κ2) is 9.99. The number of aryl methyl sites for hydroxylation is 1. The quantitative estimate of drug-likeness (QED) is 0.321. The first-order chi connectivity index (χ1) is 17.9. The maximum atomic E-state index is 14.1. The molecule has 1 aliphatic rings. The molecule has 5 rings (SSSR count). The lowest BCUT2D eigenvalue weighted by atomic mass is 9.94. The Morgan fingerprint density at radius 2 is 1.84 bits per heavy atom. The minimum atomic E-state index is -0.766.